The first-order valence-electron chi connectivity index (χ1n) is 5.02. The minimum atomic E-state index is -4.41. The van der Waals surface area contributed by atoms with Crippen LogP contribution in [0.5, 0.6) is 5.75 Å². The van der Waals surface area contributed by atoms with Crippen molar-refractivity contribution in [1.82, 2.24) is 0 Å². The molecule has 2 nitrogen and oxygen atoms in total. The van der Waals surface area contributed by atoms with Gasteiger partial charge in [-0.25, -0.2) is 0 Å². The normalized spacial score (nSPS) is 13.8. The maximum Gasteiger partial charge on any atom is 0.416 e. The average molecular weight is 233 g/mol. The van der Waals surface area contributed by atoms with E-state index in [1.165, 1.54) is 0 Å². The van der Waals surface area contributed by atoms with E-state index >= 15 is 0 Å². The second-order valence-corrected chi connectivity index (χ2v) is 3.67. The van der Waals surface area contributed by atoms with Crippen LogP contribution in [0.3, 0.4) is 0 Å². The number of rotatable bonds is 3. The van der Waals surface area contributed by atoms with Gasteiger partial charge in [-0.05, 0) is 24.6 Å². The summed E-state index contributed by atoms with van der Waals surface area (Å²) in [6, 6.07) is 2.23. The molecule has 1 aromatic carbocycles. The maximum absolute atomic E-state index is 12.4. The molecule has 0 aliphatic rings. The summed E-state index contributed by atoms with van der Waals surface area (Å²) in [4.78, 5) is 0. The van der Waals surface area contributed by atoms with E-state index in [1.807, 2.05) is 6.92 Å². The predicted octanol–water partition coefficient (Wildman–Crippen LogP) is 3.21. The maximum atomic E-state index is 12.4. The molecule has 90 valence electrons. The van der Waals surface area contributed by atoms with Crippen molar-refractivity contribution in [3.8, 4) is 5.75 Å². The van der Waals surface area contributed by atoms with E-state index in [2.05, 4.69) is 0 Å². The quantitative estimate of drug-likeness (QED) is 0.842. The number of hydrogen-bond donors (Lipinski definition) is 2. The summed E-state index contributed by atoms with van der Waals surface area (Å²) >= 11 is 0. The molecule has 0 saturated heterocycles. The third-order valence-corrected chi connectivity index (χ3v) is 2.35. The molecule has 0 bridgehead atoms. The van der Waals surface area contributed by atoms with Crippen molar-refractivity contribution in [1.29, 1.82) is 0 Å². The topological polar surface area (TPSA) is 46.2 Å². The molecule has 0 amide bonds. The van der Waals surface area contributed by atoms with Crippen molar-refractivity contribution in [2.75, 3.05) is 0 Å². The highest BCUT2D eigenvalue weighted by molar-refractivity contribution is 5.39. The van der Waals surface area contributed by atoms with Crippen LogP contribution in [0.4, 0.5) is 13.2 Å². The molecule has 0 unspecified atom stereocenters. The molecule has 0 fully saturated rings. The third kappa shape index (κ3) is 2.88. The lowest BCUT2D eigenvalue weighted by atomic mass is 10.00. The minimum Gasteiger partial charge on any atom is -0.508 e. The van der Waals surface area contributed by atoms with Crippen LogP contribution in [0, 0.1) is 0 Å². The number of hydrogen-bond acceptors (Lipinski definition) is 2. The van der Waals surface area contributed by atoms with Crippen LogP contribution < -0.4 is 5.73 Å². The first-order valence-corrected chi connectivity index (χ1v) is 5.02. The molecule has 0 saturated carbocycles. The van der Waals surface area contributed by atoms with Crippen LogP contribution in [0.1, 0.15) is 36.9 Å². The molecule has 0 heterocycles. The Labute approximate surface area is 91.9 Å². The van der Waals surface area contributed by atoms with Crippen molar-refractivity contribution in [2.24, 2.45) is 5.73 Å². The number of benzene rings is 1. The molecule has 0 spiro atoms. The Morgan fingerprint density at radius 2 is 2.00 bits per heavy atom. The van der Waals surface area contributed by atoms with E-state index in [0.29, 0.717) is 6.42 Å². The molecule has 1 rings (SSSR count). The lowest BCUT2D eigenvalue weighted by Crippen LogP contribution is -2.12. The molecular formula is C11H14F3NO. The zero-order valence-electron chi connectivity index (χ0n) is 8.88. The second-order valence-electron chi connectivity index (χ2n) is 3.67. The largest absolute Gasteiger partial charge is 0.508 e. The van der Waals surface area contributed by atoms with Crippen molar-refractivity contribution < 1.29 is 18.3 Å². The number of halogens is 3. The Kier molecular flexibility index (Phi) is 3.80. The minimum absolute atomic E-state index is 0.150. The van der Waals surface area contributed by atoms with Gasteiger partial charge in [-0.3, -0.25) is 0 Å². The van der Waals surface area contributed by atoms with Gasteiger partial charge < -0.3 is 10.8 Å². The molecule has 0 aliphatic heterocycles. The smallest absolute Gasteiger partial charge is 0.416 e. The van der Waals surface area contributed by atoms with E-state index in [-0.39, 0.29) is 11.3 Å². The zero-order chi connectivity index (χ0) is 12.3. The zero-order valence-corrected chi connectivity index (χ0v) is 8.88. The average Bonchev–Trinajstić information content (AvgIpc) is 2.16. The summed E-state index contributed by atoms with van der Waals surface area (Å²) < 4.78 is 37.3. The second kappa shape index (κ2) is 4.74. The van der Waals surface area contributed by atoms with E-state index in [1.54, 1.807) is 0 Å². The monoisotopic (exact) mass is 233 g/mol. The van der Waals surface area contributed by atoms with Crippen LogP contribution in [0.15, 0.2) is 18.2 Å². The SMILES string of the molecule is CCC[C@@H](N)c1cc(C(F)(F)F)ccc1O. The Bertz CT molecular complexity index is 363. The van der Waals surface area contributed by atoms with Gasteiger partial charge in [-0.15, -0.1) is 0 Å². The lowest BCUT2D eigenvalue weighted by molar-refractivity contribution is -0.137. The van der Waals surface area contributed by atoms with Crippen molar-refractivity contribution >= 4 is 0 Å². The van der Waals surface area contributed by atoms with Crippen molar-refractivity contribution in [2.45, 2.75) is 32.0 Å². The number of alkyl halides is 3. The highest BCUT2D eigenvalue weighted by atomic mass is 19.4. The predicted molar refractivity (Wildman–Crippen MR) is 54.9 cm³/mol. The Balaban J connectivity index is 3.09. The molecular weight excluding hydrogens is 219 g/mol. The fourth-order valence-electron chi connectivity index (χ4n) is 1.49. The molecule has 5 heteroatoms. The third-order valence-electron chi connectivity index (χ3n) is 2.35. The highest BCUT2D eigenvalue weighted by Crippen LogP contribution is 2.34. The van der Waals surface area contributed by atoms with Gasteiger partial charge in [0.05, 0.1) is 5.56 Å². The molecule has 16 heavy (non-hydrogen) atoms. The molecule has 0 aliphatic carbocycles. The lowest BCUT2D eigenvalue weighted by Gasteiger charge is -2.15. The molecule has 3 N–H and O–H groups in total. The number of nitrogens with two attached hydrogens (primary N) is 1. The summed E-state index contributed by atoms with van der Waals surface area (Å²) in [6.45, 7) is 1.88. The van der Waals surface area contributed by atoms with E-state index in [4.69, 9.17) is 5.73 Å². The van der Waals surface area contributed by atoms with Gasteiger partial charge in [0.25, 0.3) is 0 Å². The Hall–Kier alpha value is -1.23. The van der Waals surface area contributed by atoms with Crippen molar-refractivity contribution in [3.63, 3.8) is 0 Å². The number of aromatic hydroxyl groups is 1. The Morgan fingerprint density at radius 1 is 1.38 bits per heavy atom. The van der Waals surface area contributed by atoms with Crippen LogP contribution >= 0.6 is 0 Å². The molecule has 0 aromatic heterocycles. The fraction of sp³-hybridized carbons (Fsp3) is 0.455. The Morgan fingerprint density at radius 3 is 2.50 bits per heavy atom. The van der Waals surface area contributed by atoms with Gasteiger partial charge in [-0.2, -0.15) is 13.2 Å². The standard InChI is InChI=1S/C11H14F3NO/c1-2-3-9(15)8-6-7(11(12,13)14)4-5-10(8)16/h4-6,9,16H,2-3,15H2,1H3/t9-/m1/s1. The summed E-state index contributed by atoms with van der Waals surface area (Å²) in [5.41, 5.74) is 5.06. The molecule has 1 atom stereocenters. The number of phenolic OH excluding ortho intramolecular Hbond substituents is 1. The summed E-state index contributed by atoms with van der Waals surface area (Å²) in [6.07, 6.45) is -3.12. The van der Waals surface area contributed by atoms with Crippen molar-refractivity contribution in [3.05, 3.63) is 29.3 Å². The van der Waals surface area contributed by atoms with Crippen LogP contribution in [0.25, 0.3) is 0 Å². The van der Waals surface area contributed by atoms with Gasteiger partial charge in [0.2, 0.25) is 0 Å². The van der Waals surface area contributed by atoms with Gasteiger partial charge in [0, 0.05) is 11.6 Å². The number of phenols is 1. The molecule has 1 aromatic rings. The highest BCUT2D eigenvalue weighted by Gasteiger charge is 2.31. The van der Waals surface area contributed by atoms with Crippen LogP contribution in [0.2, 0.25) is 0 Å². The van der Waals surface area contributed by atoms with Crippen LogP contribution in [-0.4, -0.2) is 5.11 Å². The first-order chi connectivity index (χ1) is 7.36. The van der Waals surface area contributed by atoms with Gasteiger partial charge in [0.15, 0.2) is 0 Å². The van der Waals surface area contributed by atoms with E-state index in [0.717, 1.165) is 24.6 Å². The summed E-state index contributed by atoms with van der Waals surface area (Å²) in [7, 11) is 0. The first kappa shape index (κ1) is 12.8. The summed E-state index contributed by atoms with van der Waals surface area (Å²) in [5.74, 6) is -0.186. The van der Waals surface area contributed by atoms with Gasteiger partial charge >= 0.3 is 6.18 Å². The van der Waals surface area contributed by atoms with E-state index < -0.39 is 17.8 Å². The van der Waals surface area contributed by atoms with E-state index in [9.17, 15) is 18.3 Å². The van der Waals surface area contributed by atoms with Crippen LogP contribution in [-0.2, 0) is 6.18 Å². The molecule has 0 radical (unpaired) electrons. The van der Waals surface area contributed by atoms with Gasteiger partial charge in [-0.1, -0.05) is 13.3 Å². The van der Waals surface area contributed by atoms with Gasteiger partial charge in [0.1, 0.15) is 5.75 Å². The summed E-state index contributed by atoms with van der Waals surface area (Å²) in [5, 5.41) is 9.45. The fourth-order valence-corrected chi connectivity index (χ4v) is 1.49.